The van der Waals surface area contributed by atoms with Crippen molar-refractivity contribution in [3.63, 3.8) is 0 Å². The minimum Gasteiger partial charge on any atom is -0.454 e. The minimum absolute atomic E-state index is 0.00792. The number of Topliss-reactive ketones (excluding diaryl/α,β-unsaturated/α-hetero) is 2. The van der Waals surface area contributed by atoms with Gasteiger partial charge in [0.1, 0.15) is 5.78 Å². The summed E-state index contributed by atoms with van der Waals surface area (Å²) in [5.41, 5.74) is -0.981. The maximum Gasteiger partial charge on any atom is 0.309 e. The van der Waals surface area contributed by atoms with E-state index >= 15 is 0 Å². The lowest BCUT2D eigenvalue weighted by Crippen LogP contribution is -2.54. The molecule has 0 amide bonds. The van der Waals surface area contributed by atoms with Gasteiger partial charge in [0, 0.05) is 17.8 Å². The fourth-order valence-electron chi connectivity index (χ4n) is 4.81. The second kappa shape index (κ2) is 14.1. The molecule has 1 heterocycles. The van der Waals surface area contributed by atoms with Gasteiger partial charge in [0.2, 0.25) is 0 Å². The van der Waals surface area contributed by atoms with Gasteiger partial charge in [-0.25, -0.2) is 0 Å². The molecule has 0 aliphatic carbocycles. The lowest BCUT2D eigenvalue weighted by atomic mass is 9.73. The van der Waals surface area contributed by atoms with E-state index < -0.39 is 40.2 Å². The Kier molecular flexibility index (Phi) is 13.1. The van der Waals surface area contributed by atoms with Crippen molar-refractivity contribution in [3.05, 3.63) is 12.2 Å². The third-order valence-electron chi connectivity index (χ3n) is 10.0. The maximum absolute atomic E-state index is 14.5. The fraction of sp³-hybridized carbons (Fsp3) is 0.848. The number of carbonyl (C=O) groups excluding carboxylic acids is 3. The van der Waals surface area contributed by atoms with Crippen LogP contribution >= 0.6 is 0 Å². The van der Waals surface area contributed by atoms with Crippen LogP contribution in [0.4, 0.5) is 0 Å². The molecule has 0 radical (unpaired) electrons. The number of esters is 1. The zero-order valence-electron chi connectivity index (χ0n) is 29.0. The summed E-state index contributed by atoms with van der Waals surface area (Å²) in [6, 6.07) is 0. The van der Waals surface area contributed by atoms with Gasteiger partial charge in [0.05, 0.1) is 18.6 Å². The van der Waals surface area contributed by atoms with Crippen molar-refractivity contribution in [1.29, 1.82) is 0 Å². The number of ether oxygens (including phenoxy) is 1. The topological polar surface area (TPSA) is 78.9 Å². The van der Waals surface area contributed by atoms with E-state index in [0.717, 1.165) is 19.3 Å². The van der Waals surface area contributed by atoms with E-state index in [2.05, 4.69) is 80.7 Å². The fourth-order valence-corrected chi connectivity index (χ4v) is 7.73. The summed E-state index contributed by atoms with van der Waals surface area (Å²) >= 11 is 0. The van der Waals surface area contributed by atoms with E-state index in [1.807, 2.05) is 26.8 Å². The monoisotopic (exact) mass is 610 g/mol. The standard InChI is InChI=1S/C33H62O6Si2/c1-23-20-18-16-17-19-21-26(25(3)34)37-28(35)22-27(38-40(12,13)31(4,5)6)33(10,11)30(36)24(2)29(23)39-41(14,15)32(7,8)9/h17,19,23-24,26-27,29H,16,18,20-22H2,1-15H3/b19-17-/t23-,24-,26+,27+,29+/m1/s1. The summed E-state index contributed by atoms with van der Waals surface area (Å²) < 4.78 is 19.6. The first-order valence-corrected chi connectivity index (χ1v) is 21.4. The Balaban J connectivity index is 3.66. The van der Waals surface area contributed by atoms with Crippen molar-refractivity contribution in [2.24, 2.45) is 17.3 Å². The molecule has 0 unspecified atom stereocenters. The molecular formula is C33H62O6Si2. The summed E-state index contributed by atoms with van der Waals surface area (Å²) in [6.07, 6.45) is 5.23. The molecule has 0 saturated carbocycles. The summed E-state index contributed by atoms with van der Waals surface area (Å²) in [6.45, 7) is 31.3. The lowest BCUT2D eigenvalue weighted by Gasteiger charge is -2.46. The molecule has 1 rings (SSSR count). The molecule has 0 N–H and O–H groups in total. The number of rotatable bonds is 5. The van der Waals surface area contributed by atoms with Gasteiger partial charge in [0.25, 0.3) is 0 Å². The summed E-state index contributed by atoms with van der Waals surface area (Å²) in [7, 11) is -4.56. The van der Waals surface area contributed by atoms with E-state index in [4.69, 9.17) is 13.6 Å². The van der Waals surface area contributed by atoms with Crippen LogP contribution in [0.25, 0.3) is 0 Å². The van der Waals surface area contributed by atoms with Crippen LogP contribution < -0.4 is 0 Å². The molecule has 0 saturated heterocycles. The van der Waals surface area contributed by atoms with Crippen LogP contribution in [0.3, 0.4) is 0 Å². The van der Waals surface area contributed by atoms with Crippen molar-refractivity contribution in [2.75, 3.05) is 0 Å². The molecule has 0 spiro atoms. The Bertz CT molecular complexity index is 938. The SMILES string of the molecule is CC(=O)[C@@H]1C/C=C\CCC[C@@H](C)[C@H](O[Si](C)(C)C(C)(C)C)[C@@H](C)C(=O)C(C)(C)[C@@H](O[Si](C)(C)C(C)(C)C)CC(=O)O1. The molecule has 0 aromatic rings. The van der Waals surface area contributed by atoms with E-state index in [1.54, 1.807) is 0 Å². The average molecular weight is 611 g/mol. The Morgan fingerprint density at radius 2 is 1.44 bits per heavy atom. The van der Waals surface area contributed by atoms with Gasteiger partial charge >= 0.3 is 5.97 Å². The summed E-state index contributed by atoms with van der Waals surface area (Å²) in [4.78, 5) is 40.2. The molecular weight excluding hydrogens is 549 g/mol. The molecule has 0 bridgehead atoms. The van der Waals surface area contributed by atoms with E-state index in [-0.39, 0.29) is 46.0 Å². The molecule has 0 aromatic carbocycles. The van der Waals surface area contributed by atoms with Crippen LogP contribution in [0.1, 0.15) is 108 Å². The van der Waals surface area contributed by atoms with Crippen LogP contribution in [0.2, 0.25) is 36.3 Å². The van der Waals surface area contributed by atoms with Crippen LogP contribution in [0.15, 0.2) is 12.2 Å². The molecule has 1 aliphatic rings. The largest absolute Gasteiger partial charge is 0.454 e. The molecule has 1 aliphatic heterocycles. The normalized spacial score (nSPS) is 29.1. The van der Waals surface area contributed by atoms with Crippen LogP contribution in [-0.4, -0.2) is 52.5 Å². The Labute approximate surface area is 254 Å². The van der Waals surface area contributed by atoms with Gasteiger partial charge in [-0.15, -0.1) is 0 Å². The maximum atomic E-state index is 14.5. The number of carbonyl (C=O) groups is 3. The smallest absolute Gasteiger partial charge is 0.309 e. The van der Waals surface area contributed by atoms with E-state index in [1.165, 1.54) is 6.92 Å². The Hall–Kier alpha value is -1.10. The lowest BCUT2D eigenvalue weighted by molar-refractivity contribution is -0.158. The average Bonchev–Trinajstić information content (AvgIpc) is 2.80. The predicted molar refractivity (Wildman–Crippen MR) is 174 cm³/mol. The van der Waals surface area contributed by atoms with Gasteiger partial charge in [-0.1, -0.05) is 81.4 Å². The molecule has 6 nitrogen and oxygen atoms in total. The highest BCUT2D eigenvalue weighted by Gasteiger charge is 2.50. The number of hydrogen-bond donors (Lipinski definition) is 0. The van der Waals surface area contributed by atoms with Crippen LogP contribution in [0.5, 0.6) is 0 Å². The molecule has 5 atom stereocenters. The van der Waals surface area contributed by atoms with Crippen LogP contribution in [-0.2, 0) is 28.0 Å². The first kappa shape index (κ1) is 37.9. The van der Waals surface area contributed by atoms with Crippen molar-refractivity contribution in [3.8, 4) is 0 Å². The highest BCUT2D eigenvalue weighted by Crippen LogP contribution is 2.44. The van der Waals surface area contributed by atoms with Gasteiger partial charge in [-0.05, 0) is 68.4 Å². The third-order valence-corrected chi connectivity index (χ3v) is 19.0. The van der Waals surface area contributed by atoms with Crippen LogP contribution in [0, 0.1) is 17.3 Å². The van der Waals surface area contributed by atoms with Crippen molar-refractivity contribution < 1.29 is 28.0 Å². The molecule has 41 heavy (non-hydrogen) atoms. The van der Waals surface area contributed by atoms with Gasteiger partial charge < -0.3 is 13.6 Å². The Morgan fingerprint density at radius 1 is 0.927 bits per heavy atom. The van der Waals surface area contributed by atoms with Crippen molar-refractivity contribution in [1.82, 2.24) is 0 Å². The number of ketones is 2. The first-order chi connectivity index (χ1) is 18.3. The predicted octanol–water partition coefficient (Wildman–Crippen LogP) is 8.66. The number of cyclic esters (lactones) is 1. The first-order valence-electron chi connectivity index (χ1n) is 15.6. The third kappa shape index (κ3) is 10.2. The quantitative estimate of drug-likeness (QED) is 0.176. The zero-order chi connectivity index (χ0) is 32.2. The highest BCUT2D eigenvalue weighted by molar-refractivity contribution is 6.74. The van der Waals surface area contributed by atoms with Gasteiger partial charge in [-0.2, -0.15) is 0 Å². The molecule has 0 aromatic heterocycles. The van der Waals surface area contributed by atoms with E-state index in [9.17, 15) is 14.4 Å². The second-order valence-electron chi connectivity index (χ2n) is 16.0. The molecule has 0 fully saturated rings. The minimum atomic E-state index is -2.38. The highest BCUT2D eigenvalue weighted by atomic mass is 28.4. The van der Waals surface area contributed by atoms with Gasteiger partial charge in [-0.3, -0.25) is 14.4 Å². The molecule has 238 valence electrons. The van der Waals surface area contributed by atoms with Crippen molar-refractivity contribution in [2.45, 2.75) is 163 Å². The number of allylic oxidation sites excluding steroid dienone is 1. The second-order valence-corrected chi connectivity index (χ2v) is 25.5. The van der Waals surface area contributed by atoms with E-state index in [0.29, 0.717) is 6.42 Å². The number of hydrogen-bond acceptors (Lipinski definition) is 6. The van der Waals surface area contributed by atoms with Gasteiger partial charge in [0.15, 0.2) is 28.5 Å². The molecule has 8 heteroatoms. The zero-order valence-corrected chi connectivity index (χ0v) is 31.0. The van der Waals surface area contributed by atoms with Crippen molar-refractivity contribution >= 4 is 34.2 Å². The Morgan fingerprint density at radius 3 is 1.93 bits per heavy atom. The summed E-state index contributed by atoms with van der Waals surface area (Å²) in [5.74, 6) is -0.863. The summed E-state index contributed by atoms with van der Waals surface area (Å²) in [5, 5.41) is -0.111.